The Labute approximate surface area is 91.6 Å². The number of aromatic carboxylic acids is 1. The number of carboxylic acids is 1. The van der Waals surface area contributed by atoms with Gasteiger partial charge in [0.05, 0.1) is 7.11 Å². The molecule has 0 bridgehead atoms. The van der Waals surface area contributed by atoms with E-state index >= 15 is 0 Å². The molecule has 0 spiro atoms. The number of hydrogen-bond donors (Lipinski definition) is 2. The lowest BCUT2D eigenvalue weighted by Gasteiger charge is -2.11. The zero-order chi connectivity index (χ0) is 13.2. The summed E-state index contributed by atoms with van der Waals surface area (Å²) >= 11 is 0. The van der Waals surface area contributed by atoms with Gasteiger partial charge in [0.2, 0.25) is 0 Å². The molecule has 0 saturated heterocycles. The van der Waals surface area contributed by atoms with Crippen LogP contribution in [0.4, 0.5) is 13.2 Å². The minimum atomic E-state index is -5.11. The SMILES string of the molecule is COc1cc(OC(F)(F)F)c(C(=O)O)c(=O)[nH]1. The van der Waals surface area contributed by atoms with Crippen molar-refractivity contribution in [3.05, 3.63) is 22.0 Å². The molecule has 0 aromatic carbocycles. The molecule has 0 unspecified atom stereocenters. The third kappa shape index (κ3) is 3.13. The molecule has 0 aliphatic carbocycles. The van der Waals surface area contributed by atoms with Crippen LogP contribution >= 0.6 is 0 Å². The van der Waals surface area contributed by atoms with Gasteiger partial charge in [0.25, 0.3) is 5.56 Å². The van der Waals surface area contributed by atoms with Crippen LogP contribution in [0.25, 0.3) is 0 Å². The summed E-state index contributed by atoms with van der Waals surface area (Å²) < 4.78 is 43.9. The first-order valence-electron chi connectivity index (χ1n) is 4.05. The van der Waals surface area contributed by atoms with Crippen molar-refractivity contribution >= 4 is 5.97 Å². The number of hydrogen-bond acceptors (Lipinski definition) is 4. The van der Waals surface area contributed by atoms with Crippen LogP contribution in [-0.2, 0) is 0 Å². The topological polar surface area (TPSA) is 88.6 Å². The molecule has 1 rings (SSSR count). The molecule has 0 aliphatic rings. The highest BCUT2D eigenvalue weighted by molar-refractivity contribution is 5.90. The molecule has 1 aromatic rings. The summed E-state index contributed by atoms with van der Waals surface area (Å²) in [6.45, 7) is 0. The molecular weight excluding hydrogens is 247 g/mol. The average molecular weight is 253 g/mol. The molecule has 0 atom stereocenters. The summed E-state index contributed by atoms with van der Waals surface area (Å²) in [7, 11) is 1.09. The second kappa shape index (κ2) is 4.36. The van der Waals surface area contributed by atoms with Crippen molar-refractivity contribution in [2.24, 2.45) is 0 Å². The van der Waals surface area contributed by atoms with Gasteiger partial charge in [-0.25, -0.2) is 4.79 Å². The molecule has 94 valence electrons. The smallest absolute Gasteiger partial charge is 0.482 e. The first kappa shape index (κ1) is 12.9. The van der Waals surface area contributed by atoms with Gasteiger partial charge in [-0.1, -0.05) is 0 Å². The summed E-state index contributed by atoms with van der Waals surface area (Å²) in [4.78, 5) is 23.7. The third-order valence-electron chi connectivity index (χ3n) is 1.63. The van der Waals surface area contributed by atoms with Crippen LogP contribution in [-0.4, -0.2) is 29.5 Å². The number of carbonyl (C=O) groups is 1. The number of pyridine rings is 1. The number of carboxylic acid groups (broad SMARTS) is 1. The highest BCUT2D eigenvalue weighted by Gasteiger charge is 2.34. The maximum atomic E-state index is 12.0. The van der Waals surface area contributed by atoms with Crippen molar-refractivity contribution < 1.29 is 32.5 Å². The van der Waals surface area contributed by atoms with Crippen LogP contribution in [0.5, 0.6) is 11.6 Å². The number of H-pyrrole nitrogens is 1. The highest BCUT2D eigenvalue weighted by Crippen LogP contribution is 2.26. The lowest BCUT2D eigenvalue weighted by atomic mass is 10.2. The van der Waals surface area contributed by atoms with Crippen molar-refractivity contribution in [1.82, 2.24) is 4.98 Å². The normalized spacial score (nSPS) is 11.1. The molecule has 1 heterocycles. The molecular formula is C8H6F3NO5. The van der Waals surface area contributed by atoms with Gasteiger partial charge in [-0.2, -0.15) is 0 Å². The van der Waals surface area contributed by atoms with Crippen molar-refractivity contribution in [3.63, 3.8) is 0 Å². The Morgan fingerprint density at radius 2 is 2.06 bits per heavy atom. The van der Waals surface area contributed by atoms with Crippen LogP contribution in [0.3, 0.4) is 0 Å². The van der Waals surface area contributed by atoms with Gasteiger partial charge >= 0.3 is 12.3 Å². The van der Waals surface area contributed by atoms with E-state index in [4.69, 9.17) is 5.11 Å². The number of alkyl halides is 3. The first-order valence-corrected chi connectivity index (χ1v) is 4.05. The summed E-state index contributed by atoms with van der Waals surface area (Å²) in [5, 5.41) is 8.60. The van der Waals surface area contributed by atoms with Gasteiger partial charge < -0.3 is 14.6 Å². The first-order chi connectivity index (χ1) is 7.74. The second-order valence-electron chi connectivity index (χ2n) is 2.76. The highest BCUT2D eigenvalue weighted by atomic mass is 19.4. The van der Waals surface area contributed by atoms with Crippen molar-refractivity contribution in [1.29, 1.82) is 0 Å². The Morgan fingerprint density at radius 1 is 1.47 bits per heavy atom. The molecule has 0 fully saturated rings. The van der Waals surface area contributed by atoms with Gasteiger partial charge in [-0.3, -0.25) is 9.78 Å². The minimum absolute atomic E-state index is 0.348. The number of nitrogens with one attached hydrogen (secondary N) is 1. The maximum absolute atomic E-state index is 12.0. The zero-order valence-electron chi connectivity index (χ0n) is 8.29. The van der Waals surface area contributed by atoms with Crippen LogP contribution in [0.15, 0.2) is 10.9 Å². The van der Waals surface area contributed by atoms with Gasteiger partial charge in [0, 0.05) is 6.07 Å². The number of methoxy groups -OCH3 is 1. The Bertz CT molecular complexity index is 493. The van der Waals surface area contributed by atoms with Crippen molar-refractivity contribution in [2.45, 2.75) is 6.36 Å². The van der Waals surface area contributed by atoms with E-state index in [1.807, 2.05) is 4.98 Å². The number of rotatable bonds is 3. The summed E-state index contributed by atoms with van der Waals surface area (Å²) in [6.07, 6.45) is -5.11. The van der Waals surface area contributed by atoms with E-state index in [0.29, 0.717) is 6.07 Å². The van der Waals surface area contributed by atoms with Gasteiger partial charge in [-0.05, 0) is 0 Å². The Hall–Kier alpha value is -2.19. The van der Waals surface area contributed by atoms with Crippen LogP contribution in [0.1, 0.15) is 10.4 Å². The predicted octanol–water partition coefficient (Wildman–Crippen LogP) is 0.980. The fourth-order valence-corrected chi connectivity index (χ4v) is 1.03. The Morgan fingerprint density at radius 3 is 2.47 bits per heavy atom. The Balaban J connectivity index is 3.38. The van der Waals surface area contributed by atoms with E-state index in [1.54, 1.807) is 0 Å². The molecule has 9 heteroatoms. The van der Waals surface area contributed by atoms with E-state index in [1.165, 1.54) is 0 Å². The summed E-state index contributed by atoms with van der Waals surface area (Å²) in [5.41, 5.74) is -2.40. The monoisotopic (exact) mass is 253 g/mol. The van der Waals surface area contributed by atoms with E-state index in [9.17, 15) is 22.8 Å². The molecule has 0 amide bonds. The molecule has 0 saturated carbocycles. The van der Waals surface area contributed by atoms with E-state index in [2.05, 4.69) is 9.47 Å². The zero-order valence-corrected chi connectivity index (χ0v) is 8.29. The van der Waals surface area contributed by atoms with Crippen LogP contribution < -0.4 is 15.0 Å². The average Bonchev–Trinajstić information content (AvgIpc) is 2.13. The molecule has 0 radical (unpaired) electrons. The van der Waals surface area contributed by atoms with E-state index < -0.39 is 29.2 Å². The summed E-state index contributed by atoms with van der Waals surface area (Å²) in [6, 6.07) is 0.623. The van der Waals surface area contributed by atoms with Gasteiger partial charge in [0.1, 0.15) is 0 Å². The second-order valence-corrected chi connectivity index (χ2v) is 2.76. The van der Waals surface area contributed by atoms with Crippen molar-refractivity contribution in [2.75, 3.05) is 7.11 Å². The standard InChI is InChI=1S/C8H6F3NO5/c1-16-4-2-3(17-8(9,10)11)5(7(14)15)6(13)12-4/h2H,1H3,(H,12,13)(H,14,15). The molecule has 1 aromatic heterocycles. The third-order valence-corrected chi connectivity index (χ3v) is 1.63. The molecule has 0 aliphatic heterocycles. The van der Waals surface area contributed by atoms with Gasteiger partial charge in [-0.15, -0.1) is 13.2 Å². The lowest BCUT2D eigenvalue weighted by Crippen LogP contribution is -2.24. The largest absolute Gasteiger partial charge is 0.573 e. The predicted molar refractivity (Wildman–Crippen MR) is 47.3 cm³/mol. The molecule has 17 heavy (non-hydrogen) atoms. The fourth-order valence-electron chi connectivity index (χ4n) is 1.03. The number of ether oxygens (including phenoxy) is 2. The Kier molecular flexibility index (Phi) is 3.30. The molecule has 2 N–H and O–H groups in total. The molecule has 6 nitrogen and oxygen atoms in total. The van der Waals surface area contributed by atoms with Crippen molar-refractivity contribution in [3.8, 4) is 11.6 Å². The quantitative estimate of drug-likeness (QED) is 0.838. The fraction of sp³-hybridized carbons (Fsp3) is 0.250. The number of aromatic nitrogens is 1. The number of aromatic amines is 1. The van der Waals surface area contributed by atoms with Crippen LogP contribution in [0, 0.1) is 0 Å². The van der Waals surface area contributed by atoms with Crippen LogP contribution in [0.2, 0.25) is 0 Å². The maximum Gasteiger partial charge on any atom is 0.573 e. The van der Waals surface area contributed by atoms with Gasteiger partial charge in [0.15, 0.2) is 17.2 Å². The number of halogens is 3. The minimum Gasteiger partial charge on any atom is -0.482 e. The lowest BCUT2D eigenvalue weighted by molar-refractivity contribution is -0.274. The van der Waals surface area contributed by atoms with E-state index in [0.717, 1.165) is 7.11 Å². The van der Waals surface area contributed by atoms with E-state index in [-0.39, 0.29) is 5.88 Å². The summed E-state index contributed by atoms with van der Waals surface area (Å²) in [5.74, 6) is -3.32.